The van der Waals surface area contributed by atoms with Crippen LogP contribution in [0.2, 0.25) is 0 Å². The van der Waals surface area contributed by atoms with Gasteiger partial charge in [0.05, 0.1) is 26.4 Å². The summed E-state index contributed by atoms with van der Waals surface area (Å²) in [5.74, 6) is -0.610. The molecule has 0 aromatic rings. The number of hydrogen-bond acceptors (Lipinski definition) is 15. The summed E-state index contributed by atoms with van der Waals surface area (Å²) in [6.45, 7) is 9.44. The molecule has 0 aliphatic carbocycles. The van der Waals surface area contributed by atoms with Crippen LogP contribution in [0.3, 0.4) is 0 Å². The molecule has 3 unspecified atom stereocenters. The van der Waals surface area contributed by atoms with Gasteiger partial charge in [-0.3, -0.25) is 37.3 Å². The van der Waals surface area contributed by atoms with Crippen molar-refractivity contribution in [1.29, 1.82) is 0 Å². The molecular weight excluding hydrogens is 1110 g/mol. The van der Waals surface area contributed by atoms with E-state index in [-0.39, 0.29) is 25.7 Å². The van der Waals surface area contributed by atoms with E-state index >= 15 is 0 Å². The van der Waals surface area contributed by atoms with Crippen LogP contribution in [0.1, 0.15) is 324 Å². The molecule has 0 aliphatic rings. The van der Waals surface area contributed by atoms with Crippen molar-refractivity contribution in [2.75, 3.05) is 39.6 Å². The Balaban J connectivity index is 5.19. The third-order valence-electron chi connectivity index (χ3n) is 15.3. The Hall–Kier alpha value is -1.94. The fourth-order valence-electron chi connectivity index (χ4n) is 9.68. The van der Waals surface area contributed by atoms with E-state index in [1.165, 1.54) is 128 Å². The largest absolute Gasteiger partial charge is 0.472 e. The molecule has 19 heteroatoms. The molecule has 0 bridgehead atoms. The van der Waals surface area contributed by atoms with Gasteiger partial charge in [0.15, 0.2) is 12.2 Å². The summed E-state index contributed by atoms with van der Waals surface area (Å²) in [6.07, 6.45) is 40.4. The Morgan fingerprint density at radius 1 is 0.345 bits per heavy atom. The Bertz CT molecular complexity index is 1650. The number of unbranched alkanes of at least 4 members (excludes halogenated alkanes) is 33. The van der Waals surface area contributed by atoms with E-state index in [0.717, 1.165) is 115 Å². The molecule has 3 N–H and O–H groups in total. The second-order valence-electron chi connectivity index (χ2n) is 24.2. The van der Waals surface area contributed by atoms with Crippen LogP contribution in [0.15, 0.2) is 0 Å². The molecule has 0 fully saturated rings. The lowest BCUT2D eigenvalue weighted by molar-refractivity contribution is -0.161. The molecule has 17 nitrogen and oxygen atoms in total. The number of carbonyl (C=O) groups excluding carboxylic acids is 4. The number of ether oxygens (including phenoxy) is 4. The van der Waals surface area contributed by atoms with E-state index < -0.39 is 97.5 Å². The molecule has 0 spiro atoms. The molecule has 0 rings (SSSR count). The Kier molecular flexibility index (Phi) is 56.2. The smallest absolute Gasteiger partial charge is 0.462 e. The van der Waals surface area contributed by atoms with Crippen molar-refractivity contribution in [3.8, 4) is 0 Å². The maximum absolute atomic E-state index is 13.0. The first-order chi connectivity index (χ1) is 40.4. The molecular formula is C65H126O17P2. The first kappa shape index (κ1) is 82.1. The summed E-state index contributed by atoms with van der Waals surface area (Å²) in [5, 5.41) is 10.5. The Morgan fingerprint density at radius 2 is 0.607 bits per heavy atom. The highest BCUT2D eigenvalue weighted by atomic mass is 31.2. The first-order valence-electron chi connectivity index (χ1n) is 34.0. The van der Waals surface area contributed by atoms with Crippen LogP contribution in [0.5, 0.6) is 0 Å². The molecule has 0 saturated carbocycles. The fraction of sp³-hybridized carbons (Fsp3) is 0.938. The quantitative estimate of drug-likeness (QED) is 0.0222. The topological polar surface area (TPSA) is 237 Å². The fourth-order valence-corrected chi connectivity index (χ4v) is 11.3. The number of rotatable bonds is 64. The minimum atomic E-state index is -4.95. The second kappa shape index (κ2) is 57.5. The lowest BCUT2D eigenvalue weighted by Crippen LogP contribution is -2.30. The van der Waals surface area contributed by atoms with Crippen molar-refractivity contribution in [2.24, 2.45) is 11.8 Å². The third-order valence-corrected chi connectivity index (χ3v) is 17.2. The predicted octanol–water partition coefficient (Wildman–Crippen LogP) is 18.0. The average Bonchev–Trinajstić information content (AvgIpc) is 3.48. The highest BCUT2D eigenvalue weighted by molar-refractivity contribution is 7.47. The highest BCUT2D eigenvalue weighted by Gasteiger charge is 2.30. The normalized spacial score (nSPS) is 14.6. The van der Waals surface area contributed by atoms with Gasteiger partial charge >= 0.3 is 39.5 Å². The average molecular weight is 1240 g/mol. The number of phosphoric ester groups is 2. The minimum Gasteiger partial charge on any atom is -0.462 e. The first-order valence-corrected chi connectivity index (χ1v) is 37.0. The standard InChI is InChI=1S/C65H126O17P2/c1-7-10-12-14-16-24-29-37-43-49-64(69)81-60(53-75-62(67)47-41-35-28-17-15-13-11-8-2)55-79-83(71,72)77-51-59(66)52-78-84(73,74)80-56-61(54-76-63(68)48-42-36-32-31-34-40-46-58(6)9-3)82-65(70)50-44-38-30-26-23-21-19-18-20-22-25-27-33-39-45-57(4)5/h57-61,66H,7-56H2,1-6H3,(H,71,72)(H,73,74)/t58?,59-,60+,61+/m0/s1. The van der Waals surface area contributed by atoms with Crippen molar-refractivity contribution < 1.29 is 80.2 Å². The maximum Gasteiger partial charge on any atom is 0.472 e. The maximum atomic E-state index is 13.0. The van der Waals surface area contributed by atoms with Crippen molar-refractivity contribution in [2.45, 2.75) is 342 Å². The van der Waals surface area contributed by atoms with E-state index in [9.17, 15) is 43.2 Å². The SMILES string of the molecule is CCCCCCCCCCCC(=O)O[C@H](COC(=O)CCCCCCCCCC)COP(=O)(O)OC[C@H](O)COP(=O)(O)OC[C@@H](COC(=O)CCCCCCCCC(C)CC)OC(=O)CCCCCCCCCCCCCCCCC(C)C. The molecule has 6 atom stereocenters. The van der Waals surface area contributed by atoms with Crippen molar-refractivity contribution in [3.05, 3.63) is 0 Å². The van der Waals surface area contributed by atoms with E-state index in [1.54, 1.807) is 0 Å². The van der Waals surface area contributed by atoms with Crippen molar-refractivity contribution in [1.82, 2.24) is 0 Å². The van der Waals surface area contributed by atoms with Crippen LogP contribution in [-0.4, -0.2) is 96.7 Å². The molecule has 0 aromatic heterocycles. The Morgan fingerprint density at radius 3 is 0.905 bits per heavy atom. The number of aliphatic hydroxyl groups is 1. The van der Waals surface area contributed by atoms with Crippen LogP contribution in [0.4, 0.5) is 0 Å². The van der Waals surface area contributed by atoms with Gasteiger partial charge in [-0.25, -0.2) is 9.13 Å². The van der Waals surface area contributed by atoms with Crippen LogP contribution in [0.25, 0.3) is 0 Å². The summed E-state index contributed by atoms with van der Waals surface area (Å²) < 4.78 is 67.9. The van der Waals surface area contributed by atoms with Gasteiger partial charge in [0.2, 0.25) is 0 Å². The Labute approximate surface area is 511 Å². The number of carbonyl (C=O) groups is 4. The van der Waals surface area contributed by atoms with Gasteiger partial charge in [0, 0.05) is 25.7 Å². The lowest BCUT2D eigenvalue weighted by atomic mass is 10.00. The molecule has 0 aromatic carbocycles. The minimum absolute atomic E-state index is 0.105. The number of hydrogen-bond donors (Lipinski definition) is 3. The summed E-state index contributed by atoms with van der Waals surface area (Å²) >= 11 is 0. The molecule has 0 amide bonds. The summed E-state index contributed by atoms with van der Waals surface area (Å²) in [4.78, 5) is 72.1. The van der Waals surface area contributed by atoms with E-state index in [2.05, 4.69) is 41.5 Å². The monoisotopic (exact) mass is 1240 g/mol. The molecule has 0 saturated heterocycles. The molecule has 84 heavy (non-hydrogen) atoms. The lowest BCUT2D eigenvalue weighted by Gasteiger charge is -2.21. The summed E-state index contributed by atoms with van der Waals surface area (Å²) in [7, 11) is -9.88. The van der Waals surface area contributed by atoms with Crippen LogP contribution >= 0.6 is 15.6 Å². The van der Waals surface area contributed by atoms with Gasteiger partial charge in [0.1, 0.15) is 19.3 Å². The molecule has 498 valence electrons. The van der Waals surface area contributed by atoms with E-state index in [1.807, 2.05) is 0 Å². The highest BCUT2D eigenvalue weighted by Crippen LogP contribution is 2.45. The van der Waals surface area contributed by atoms with Gasteiger partial charge in [-0.2, -0.15) is 0 Å². The van der Waals surface area contributed by atoms with Crippen LogP contribution in [0, 0.1) is 11.8 Å². The van der Waals surface area contributed by atoms with Crippen molar-refractivity contribution >= 4 is 39.5 Å². The van der Waals surface area contributed by atoms with Gasteiger partial charge < -0.3 is 33.8 Å². The number of aliphatic hydroxyl groups excluding tert-OH is 1. The molecule has 0 radical (unpaired) electrons. The zero-order chi connectivity index (χ0) is 62.2. The number of esters is 4. The molecule has 0 heterocycles. The van der Waals surface area contributed by atoms with Crippen LogP contribution < -0.4 is 0 Å². The third kappa shape index (κ3) is 57.8. The van der Waals surface area contributed by atoms with Gasteiger partial charge in [-0.1, -0.05) is 273 Å². The number of phosphoric acid groups is 2. The summed E-state index contributed by atoms with van der Waals surface area (Å²) in [6, 6.07) is 0. The predicted molar refractivity (Wildman–Crippen MR) is 335 cm³/mol. The summed E-state index contributed by atoms with van der Waals surface area (Å²) in [5.41, 5.74) is 0. The van der Waals surface area contributed by atoms with Crippen LogP contribution in [-0.2, 0) is 65.4 Å². The van der Waals surface area contributed by atoms with E-state index in [4.69, 9.17) is 37.0 Å². The van der Waals surface area contributed by atoms with Gasteiger partial charge in [0.25, 0.3) is 0 Å². The second-order valence-corrected chi connectivity index (χ2v) is 27.1. The van der Waals surface area contributed by atoms with E-state index in [0.29, 0.717) is 25.7 Å². The van der Waals surface area contributed by atoms with Crippen molar-refractivity contribution in [3.63, 3.8) is 0 Å². The van der Waals surface area contributed by atoms with Gasteiger partial charge in [-0.05, 0) is 37.5 Å². The van der Waals surface area contributed by atoms with Gasteiger partial charge in [-0.15, -0.1) is 0 Å². The molecule has 0 aliphatic heterocycles. The zero-order valence-electron chi connectivity index (χ0n) is 54.2. The zero-order valence-corrected chi connectivity index (χ0v) is 56.0.